The molecule has 0 saturated heterocycles. The van der Waals surface area contributed by atoms with Crippen molar-refractivity contribution in [3.05, 3.63) is 11.6 Å². The van der Waals surface area contributed by atoms with Gasteiger partial charge in [0.05, 0.1) is 19.0 Å². The molecule has 13 atom stereocenters. The Bertz CT molecular complexity index is 675. The van der Waals surface area contributed by atoms with Crippen LogP contribution in [0.1, 0.15) is 47.0 Å². The number of rotatable bonds is 9. The molecule has 0 heterocycles. The fourth-order valence-electron chi connectivity index (χ4n) is 5.31. The number of hydrogen-bond acceptors (Lipinski definition) is 4. The Morgan fingerprint density at radius 2 is 1.83 bits per heavy atom. The van der Waals surface area contributed by atoms with Crippen molar-refractivity contribution in [2.75, 3.05) is 0 Å². The molecule has 2 aliphatic carbocycles. The number of aliphatic hydroxyl groups is 1. The monoisotopic (exact) mass is 620 g/mol. The maximum Gasteiger partial charge on any atom is 0.175 e. The van der Waals surface area contributed by atoms with Crippen molar-refractivity contribution >= 4 is 96.3 Å². The van der Waals surface area contributed by atoms with Crippen LogP contribution in [0.3, 0.4) is 0 Å². The molecule has 4 nitrogen and oxygen atoms in total. The normalized spacial score (nSPS) is 36.3. The Morgan fingerprint density at radius 3 is 2.30 bits per heavy atom. The summed E-state index contributed by atoms with van der Waals surface area (Å²) in [5.74, 6) is 0.0416. The van der Waals surface area contributed by atoms with E-state index in [1.165, 1.54) is 0 Å². The van der Waals surface area contributed by atoms with E-state index in [9.17, 15) is 9.90 Å². The molecular formula is C15H35O4P11. The third-order valence-corrected chi connectivity index (χ3v) is 47.2. The lowest BCUT2D eigenvalue weighted by Crippen LogP contribution is -2.54. The standard InChI is InChI=1S/C15H35O4P11/c1-5-6-9(2)15-12(16)10(19-27(28(21)22)30(25)29(23)24)7-14(15,17)11(18-26-20)8-13(15,3)4/h6,10-11,17,26H,5,7-8,20-25H2,1-4H3/b9-6+. The lowest BCUT2D eigenvalue weighted by Gasteiger charge is -2.45. The molecule has 0 amide bonds. The Hall–Kier alpha value is 4.02. The molecule has 15 heteroatoms. The summed E-state index contributed by atoms with van der Waals surface area (Å²) in [6.45, 7) is 7.06. The average Bonchev–Trinajstić information content (AvgIpc) is 2.96. The van der Waals surface area contributed by atoms with Gasteiger partial charge in [-0.2, -0.15) is 0 Å². The van der Waals surface area contributed by atoms with Crippen molar-refractivity contribution in [2.45, 2.75) is 64.8 Å². The summed E-state index contributed by atoms with van der Waals surface area (Å²) in [6, 6.07) is 0. The summed E-state index contributed by atoms with van der Waals surface area (Å²) in [5.41, 5.74) is -1.68. The smallest absolute Gasteiger partial charge is 0.175 e. The van der Waals surface area contributed by atoms with Gasteiger partial charge in [0.1, 0.15) is 11.7 Å². The highest BCUT2D eigenvalue weighted by Crippen LogP contribution is 3.06. The lowest BCUT2D eigenvalue weighted by molar-refractivity contribution is -0.143. The molecule has 0 aromatic heterocycles. The molecular weight excluding hydrogens is 585 g/mol. The van der Waals surface area contributed by atoms with E-state index in [2.05, 4.69) is 80.4 Å². The molecule has 2 rings (SSSR count). The molecule has 1 N–H and O–H groups in total. The fraction of sp³-hybridized carbons (Fsp3) is 0.800. The SMILES string of the molecule is CC/C=C(\C)C12C(=O)C(OP(P(P)P)P(P)P(P)P)CC1(O)C(OPP)CC2(C)C. The fourth-order valence-corrected chi connectivity index (χ4v) is 50.2. The third-order valence-electron chi connectivity index (χ3n) is 6.19. The first-order valence-electron chi connectivity index (χ1n) is 9.47. The maximum atomic E-state index is 14.2. The van der Waals surface area contributed by atoms with Gasteiger partial charge in [-0.1, -0.05) is 50.3 Å². The van der Waals surface area contributed by atoms with E-state index in [0.29, 0.717) is 12.8 Å². The maximum absolute atomic E-state index is 14.2. The molecule has 0 aromatic carbocycles. The first-order chi connectivity index (χ1) is 13.8. The predicted octanol–water partition coefficient (Wildman–Crippen LogP) is 8.16. The molecule has 0 spiro atoms. The van der Waals surface area contributed by atoms with Crippen LogP contribution >= 0.6 is 90.6 Å². The molecule has 30 heavy (non-hydrogen) atoms. The van der Waals surface area contributed by atoms with Crippen LogP contribution in [0.4, 0.5) is 0 Å². The number of carbonyl (C=O) groups is 1. The van der Waals surface area contributed by atoms with Crippen LogP contribution in [0.5, 0.6) is 0 Å². The van der Waals surface area contributed by atoms with Gasteiger partial charge >= 0.3 is 0 Å². The summed E-state index contributed by atoms with van der Waals surface area (Å²) < 4.78 is 12.7. The second-order valence-corrected chi connectivity index (χ2v) is 41.4. The van der Waals surface area contributed by atoms with Gasteiger partial charge < -0.3 is 14.2 Å². The number of allylic oxidation sites excluding steroid dienone is 1. The quantitative estimate of drug-likeness (QED) is 0.209. The summed E-state index contributed by atoms with van der Waals surface area (Å²) >= 11 is 0. The van der Waals surface area contributed by atoms with Gasteiger partial charge in [0, 0.05) is 21.9 Å². The molecule has 2 saturated carbocycles. The Labute approximate surface area is 201 Å². The van der Waals surface area contributed by atoms with E-state index in [1.54, 1.807) is 0 Å². The highest BCUT2D eigenvalue weighted by molar-refractivity contribution is 9.07. The zero-order valence-corrected chi connectivity index (χ0v) is 29.3. The van der Waals surface area contributed by atoms with E-state index in [-0.39, 0.29) is 27.4 Å². The third kappa shape index (κ3) is 5.33. The minimum absolute atomic E-state index is 0.0416. The van der Waals surface area contributed by atoms with Crippen molar-refractivity contribution in [1.29, 1.82) is 0 Å². The summed E-state index contributed by atoms with van der Waals surface area (Å²) in [7, 11) is 16.6. The van der Waals surface area contributed by atoms with Crippen molar-refractivity contribution in [3.8, 4) is 0 Å². The highest BCUT2D eigenvalue weighted by Gasteiger charge is 2.78. The first kappa shape index (κ1) is 30.2. The zero-order chi connectivity index (χ0) is 23.1. The molecule has 174 valence electrons. The van der Waals surface area contributed by atoms with E-state index in [4.69, 9.17) is 9.05 Å². The van der Waals surface area contributed by atoms with Gasteiger partial charge in [0.15, 0.2) is 5.78 Å². The zero-order valence-electron chi connectivity index (χ0n) is 17.8. The second kappa shape index (κ2) is 12.0. The van der Waals surface area contributed by atoms with Crippen LogP contribution in [0, 0.1) is 10.8 Å². The molecule has 2 fully saturated rings. The van der Waals surface area contributed by atoms with Crippen LogP contribution in [0.15, 0.2) is 11.6 Å². The second-order valence-electron chi connectivity index (χ2n) is 8.28. The van der Waals surface area contributed by atoms with Crippen LogP contribution in [0.2, 0.25) is 0 Å². The van der Waals surface area contributed by atoms with Crippen molar-refractivity contribution in [2.24, 2.45) is 10.8 Å². The lowest BCUT2D eigenvalue weighted by atomic mass is 9.59. The Morgan fingerprint density at radius 1 is 1.23 bits per heavy atom. The summed E-state index contributed by atoms with van der Waals surface area (Å²) in [4.78, 5) is 14.2. The predicted molar refractivity (Wildman–Crippen MR) is 163 cm³/mol. The molecule has 0 radical (unpaired) electrons. The van der Waals surface area contributed by atoms with Crippen molar-refractivity contribution in [3.63, 3.8) is 0 Å². The molecule has 0 bridgehead atoms. The number of hydrogen-bond donors (Lipinski definition) is 1. The van der Waals surface area contributed by atoms with Crippen LogP contribution in [-0.4, -0.2) is 28.7 Å². The van der Waals surface area contributed by atoms with Crippen LogP contribution < -0.4 is 0 Å². The Balaban J connectivity index is 2.56. The van der Waals surface area contributed by atoms with Gasteiger partial charge in [0.2, 0.25) is 0 Å². The number of carbonyl (C=O) groups excluding carboxylic acids is 1. The number of Topliss-reactive ketones (excluding diaryl/α,β-unsaturated/α-hetero) is 1. The molecule has 0 aliphatic heterocycles. The van der Waals surface area contributed by atoms with Crippen LogP contribution in [-0.2, 0) is 13.8 Å². The minimum Gasteiger partial charge on any atom is -0.386 e. The largest absolute Gasteiger partial charge is 0.386 e. The van der Waals surface area contributed by atoms with Gasteiger partial charge in [-0.15, -0.1) is 35.7 Å². The number of fused-ring (bicyclic) bond motifs is 1. The average molecular weight is 620 g/mol. The van der Waals surface area contributed by atoms with E-state index < -0.39 is 44.0 Å². The van der Waals surface area contributed by atoms with Gasteiger partial charge in [0.25, 0.3) is 0 Å². The number of ketones is 1. The van der Waals surface area contributed by atoms with Crippen LogP contribution in [0.25, 0.3) is 0 Å². The van der Waals surface area contributed by atoms with Gasteiger partial charge in [-0.25, -0.2) is 0 Å². The summed E-state index contributed by atoms with van der Waals surface area (Å²) in [6.07, 6.45) is 2.92. The molecule has 13 unspecified atom stereocenters. The minimum atomic E-state index is -1.25. The van der Waals surface area contributed by atoms with E-state index in [0.717, 1.165) is 12.0 Å². The first-order valence-corrected chi connectivity index (χ1v) is 27.7. The van der Waals surface area contributed by atoms with Gasteiger partial charge in [-0.3, -0.25) is 4.79 Å². The molecule has 0 aromatic rings. The van der Waals surface area contributed by atoms with Gasteiger partial charge in [-0.05, 0) is 39.2 Å². The Kier molecular flexibility index (Phi) is 12.1. The van der Waals surface area contributed by atoms with Crippen molar-refractivity contribution in [1.82, 2.24) is 0 Å². The van der Waals surface area contributed by atoms with E-state index >= 15 is 0 Å². The van der Waals surface area contributed by atoms with Crippen molar-refractivity contribution < 1.29 is 18.9 Å². The summed E-state index contributed by atoms with van der Waals surface area (Å²) in [5, 5.41) is 12.2. The highest BCUT2D eigenvalue weighted by atomic mass is 33.1. The van der Waals surface area contributed by atoms with E-state index in [1.807, 2.05) is 6.92 Å². The molecule has 2 aliphatic rings. The topological polar surface area (TPSA) is 55.8 Å².